The summed E-state index contributed by atoms with van der Waals surface area (Å²) in [6.07, 6.45) is 1.28. The molecule has 0 atom stereocenters. The maximum atomic E-state index is 12.1. The molecule has 0 aliphatic heterocycles. The minimum atomic E-state index is -3.71. The van der Waals surface area contributed by atoms with Crippen molar-refractivity contribution in [1.29, 1.82) is 0 Å². The van der Waals surface area contributed by atoms with Gasteiger partial charge in [-0.2, -0.15) is 13.5 Å². The van der Waals surface area contributed by atoms with Crippen LogP contribution in [0, 0.1) is 14.1 Å². The summed E-state index contributed by atoms with van der Waals surface area (Å²) >= 11 is 4.11. The molecule has 0 heterocycles. The molecule has 0 spiro atoms. The monoisotopic (exact) mass is 542 g/mol. The minimum Gasteiger partial charge on any atom is -0.506 e. The van der Waals surface area contributed by atoms with Crippen LogP contribution >= 0.6 is 45.2 Å². The van der Waals surface area contributed by atoms with E-state index in [1.165, 1.54) is 18.3 Å². The van der Waals surface area contributed by atoms with Crippen LogP contribution in [-0.2, 0) is 10.0 Å². The number of aryl methyl sites for hydroxylation is 1. The molecule has 2 rings (SSSR count). The number of phenolic OH excluding ortho intramolecular Hbond substituents is 1. The first-order chi connectivity index (χ1) is 10.3. The van der Waals surface area contributed by atoms with Crippen LogP contribution in [0.3, 0.4) is 0 Å². The highest BCUT2D eigenvalue weighted by Crippen LogP contribution is 2.25. The van der Waals surface area contributed by atoms with Gasteiger partial charge in [-0.25, -0.2) is 4.83 Å². The number of hydrogen-bond donors (Lipinski definition) is 2. The largest absolute Gasteiger partial charge is 0.506 e. The third-order valence-electron chi connectivity index (χ3n) is 2.77. The van der Waals surface area contributed by atoms with Crippen molar-refractivity contribution < 1.29 is 13.5 Å². The molecular formula is C14H12I2N2O3S. The molecule has 0 aliphatic rings. The lowest BCUT2D eigenvalue weighted by Crippen LogP contribution is -2.18. The molecule has 2 aromatic carbocycles. The molecular weight excluding hydrogens is 530 g/mol. The fraction of sp³-hybridized carbons (Fsp3) is 0.0714. The summed E-state index contributed by atoms with van der Waals surface area (Å²) in [5, 5.41) is 13.6. The van der Waals surface area contributed by atoms with Gasteiger partial charge >= 0.3 is 0 Å². The topological polar surface area (TPSA) is 78.8 Å². The fourth-order valence-electron chi connectivity index (χ4n) is 1.62. The molecule has 0 saturated carbocycles. The molecule has 5 nitrogen and oxygen atoms in total. The highest BCUT2D eigenvalue weighted by molar-refractivity contribution is 14.1. The molecule has 0 aromatic heterocycles. The number of benzene rings is 2. The Hall–Kier alpha value is -0.880. The van der Waals surface area contributed by atoms with Crippen LogP contribution < -0.4 is 4.83 Å². The summed E-state index contributed by atoms with van der Waals surface area (Å²) < 4.78 is 25.7. The van der Waals surface area contributed by atoms with Gasteiger partial charge in [-0.05, 0) is 76.4 Å². The summed E-state index contributed by atoms with van der Waals surface area (Å²) in [4.78, 5) is 2.27. The normalized spacial score (nSPS) is 11.8. The summed E-state index contributed by atoms with van der Waals surface area (Å²) in [5.41, 5.74) is 1.42. The van der Waals surface area contributed by atoms with Gasteiger partial charge in [-0.15, -0.1) is 0 Å². The Morgan fingerprint density at radius 2 is 1.82 bits per heavy atom. The van der Waals surface area contributed by atoms with E-state index in [2.05, 4.69) is 32.5 Å². The fourth-order valence-corrected chi connectivity index (χ4v) is 4.30. The number of rotatable bonds is 4. The van der Waals surface area contributed by atoms with E-state index in [0.717, 1.165) is 9.13 Å². The van der Waals surface area contributed by atoms with Crippen LogP contribution in [0.15, 0.2) is 46.4 Å². The van der Waals surface area contributed by atoms with E-state index < -0.39 is 10.0 Å². The van der Waals surface area contributed by atoms with E-state index in [-0.39, 0.29) is 10.6 Å². The Kier molecular flexibility index (Phi) is 5.66. The molecule has 22 heavy (non-hydrogen) atoms. The van der Waals surface area contributed by atoms with Crippen molar-refractivity contribution in [2.24, 2.45) is 5.10 Å². The van der Waals surface area contributed by atoms with Crippen molar-refractivity contribution in [1.82, 2.24) is 4.83 Å². The average Bonchev–Trinajstić information content (AvgIpc) is 2.44. The highest BCUT2D eigenvalue weighted by Gasteiger charge is 2.12. The number of hydrogen-bond acceptors (Lipinski definition) is 4. The first-order valence-corrected chi connectivity index (χ1v) is 9.73. The van der Waals surface area contributed by atoms with Gasteiger partial charge < -0.3 is 5.11 Å². The quantitative estimate of drug-likeness (QED) is 0.354. The molecule has 8 heteroatoms. The molecule has 0 fully saturated rings. The Labute approximate surface area is 156 Å². The standard InChI is InChI=1S/C14H12I2N2O3S/c1-9-2-4-12(5-3-9)22(20,21)18-17-8-10-6-11(15)7-13(16)14(10)19/h2-8,18-19H,1H3/b17-8-. The number of hydrazone groups is 1. The van der Waals surface area contributed by atoms with Gasteiger partial charge in [0.2, 0.25) is 0 Å². The zero-order chi connectivity index (χ0) is 16.3. The molecule has 0 radical (unpaired) electrons. The first-order valence-electron chi connectivity index (χ1n) is 6.09. The summed E-state index contributed by atoms with van der Waals surface area (Å²) in [6.45, 7) is 1.88. The summed E-state index contributed by atoms with van der Waals surface area (Å²) in [7, 11) is -3.71. The lowest BCUT2D eigenvalue weighted by Gasteiger charge is -2.05. The molecule has 0 unspecified atom stereocenters. The second-order valence-corrected chi connectivity index (χ2v) is 8.56. The van der Waals surface area contributed by atoms with E-state index in [4.69, 9.17) is 0 Å². The van der Waals surface area contributed by atoms with E-state index in [0.29, 0.717) is 9.13 Å². The van der Waals surface area contributed by atoms with Crippen LogP contribution in [0.2, 0.25) is 0 Å². The molecule has 0 bridgehead atoms. The SMILES string of the molecule is Cc1ccc(S(=O)(=O)N/N=C\c2cc(I)cc(I)c2O)cc1. The maximum absolute atomic E-state index is 12.1. The zero-order valence-electron chi connectivity index (χ0n) is 11.4. The van der Waals surface area contributed by atoms with Gasteiger partial charge in [-0.3, -0.25) is 0 Å². The van der Waals surface area contributed by atoms with Crippen molar-refractivity contribution in [3.05, 3.63) is 54.7 Å². The Balaban J connectivity index is 2.20. The highest BCUT2D eigenvalue weighted by atomic mass is 127. The third-order valence-corrected chi connectivity index (χ3v) is 5.45. The lowest BCUT2D eigenvalue weighted by atomic mass is 10.2. The number of phenols is 1. The van der Waals surface area contributed by atoms with E-state index in [1.54, 1.807) is 18.2 Å². The number of halogens is 2. The van der Waals surface area contributed by atoms with Crippen molar-refractivity contribution in [2.75, 3.05) is 0 Å². The number of sulfonamides is 1. The Morgan fingerprint density at radius 1 is 1.18 bits per heavy atom. The molecule has 2 aromatic rings. The maximum Gasteiger partial charge on any atom is 0.276 e. The van der Waals surface area contributed by atoms with Crippen molar-refractivity contribution >= 4 is 61.4 Å². The number of nitrogens with zero attached hydrogens (tertiary/aromatic N) is 1. The molecule has 0 amide bonds. The minimum absolute atomic E-state index is 0.0688. The van der Waals surface area contributed by atoms with Crippen LogP contribution in [-0.4, -0.2) is 19.7 Å². The van der Waals surface area contributed by atoms with Crippen LogP contribution in [0.1, 0.15) is 11.1 Å². The second kappa shape index (κ2) is 7.13. The molecule has 116 valence electrons. The van der Waals surface area contributed by atoms with Crippen LogP contribution in [0.4, 0.5) is 0 Å². The van der Waals surface area contributed by atoms with Gasteiger partial charge in [-0.1, -0.05) is 17.7 Å². The summed E-state index contributed by atoms with van der Waals surface area (Å²) in [5.74, 6) is 0.0688. The van der Waals surface area contributed by atoms with Gasteiger partial charge in [0.1, 0.15) is 5.75 Å². The number of nitrogens with one attached hydrogen (secondary N) is 1. The summed E-state index contributed by atoms with van der Waals surface area (Å²) in [6, 6.07) is 9.97. The van der Waals surface area contributed by atoms with Crippen LogP contribution in [0.5, 0.6) is 5.75 Å². The lowest BCUT2D eigenvalue weighted by molar-refractivity contribution is 0.470. The first kappa shape index (κ1) is 17.5. The van der Waals surface area contributed by atoms with E-state index >= 15 is 0 Å². The third kappa shape index (κ3) is 4.32. The molecule has 0 saturated heterocycles. The predicted octanol–water partition coefficient (Wildman–Crippen LogP) is 3.22. The van der Waals surface area contributed by atoms with E-state index in [9.17, 15) is 13.5 Å². The van der Waals surface area contributed by atoms with E-state index in [1.807, 2.05) is 35.6 Å². The van der Waals surface area contributed by atoms with Crippen molar-refractivity contribution in [3.63, 3.8) is 0 Å². The predicted molar refractivity (Wildman–Crippen MR) is 103 cm³/mol. The second-order valence-electron chi connectivity index (χ2n) is 4.49. The molecule has 0 aliphatic carbocycles. The Morgan fingerprint density at radius 3 is 2.45 bits per heavy atom. The van der Waals surface area contributed by atoms with Gasteiger partial charge in [0, 0.05) is 9.13 Å². The van der Waals surface area contributed by atoms with Crippen LogP contribution in [0.25, 0.3) is 0 Å². The smallest absolute Gasteiger partial charge is 0.276 e. The average molecular weight is 542 g/mol. The van der Waals surface area contributed by atoms with Crippen molar-refractivity contribution in [3.8, 4) is 5.75 Å². The number of aromatic hydroxyl groups is 1. The van der Waals surface area contributed by atoms with Gasteiger partial charge in [0.25, 0.3) is 10.0 Å². The van der Waals surface area contributed by atoms with Crippen molar-refractivity contribution in [2.45, 2.75) is 11.8 Å². The van der Waals surface area contributed by atoms with Gasteiger partial charge in [0.15, 0.2) is 0 Å². The zero-order valence-corrected chi connectivity index (χ0v) is 16.5. The molecule has 2 N–H and O–H groups in total. The Bertz CT molecular complexity index is 819. The van der Waals surface area contributed by atoms with Gasteiger partial charge in [0.05, 0.1) is 14.7 Å².